The molecular formula is C29H46O7. The highest BCUT2D eigenvalue weighted by Gasteiger charge is 2.49. The van der Waals surface area contributed by atoms with E-state index >= 15 is 0 Å². The number of hydrogen-bond acceptors (Lipinski definition) is 7. The first-order valence-electron chi connectivity index (χ1n) is 13.0. The van der Waals surface area contributed by atoms with Gasteiger partial charge in [0, 0.05) is 18.4 Å². The summed E-state index contributed by atoms with van der Waals surface area (Å²) in [4.78, 5) is 12.8. The van der Waals surface area contributed by atoms with Crippen LogP contribution >= 0.6 is 0 Å². The van der Waals surface area contributed by atoms with Crippen molar-refractivity contribution in [3.05, 3.63) is 48.1 Å². The molecule has 2 rings (SSSR count). The van der Waals surface area contributed by atoms with Crippen LogP contribution in [0.3, 0.4) is 0 Å². The molecule has 0 radical (unpaired) electrons. The Morgan fingerprint density at radius 3 is 2.50 bits per heavy atom. The fourth-order valence-electron chi connectivity index (χ4n) is 4.58. The van der Waals surface area contributed by atoms with Gasteiger partial charge in [0.05, 0.1) is 18.3 Å². The smallest absolute Gasteiger partial charge is 0.330 e. The van der Waals surface area contributed by atoms with Crippen LogP contribution in [-0.2, 0) is 14.3 Å². The maximum Gasteiger partial charge on any atom is 0.330 e. The van der Waals surface area contributed by atoms with Gasteiger partial charge in [-0.2, -0.15) is 0 Å². The van der Waals surface area contributed by atoms with Gasteiger partial charge in [-0.05, 0) is 58.3 Å². The number of aliphatic hydroxyl groups is 4. The van der Waals surface area contributed by atoms with Crippen molar-refractivity contribution in [3.63, 3.8) is 0 Å². The van der Waals surface area contributed by atoms with Crippen LogP contribution in [0.4, 0.5) is 0 Å². The van der Waals surface area contributed by atoms with Gasteiger partial charge in [0.15, 0.2) is 0 Å². The summed E-state index contributed by atoms with van der Waals surface area (Å²) in [5, 5.41) is 43.1. The van der Waals surface area contributed by atoms with Crippen molar-refractivity contribution < 1.29 is 34.7 Å². The third kappa shape index (κ3) is 8.12. The molecule has 0 aromatic rings. The summed E-state index contributed by atoms with van der Waals surface area (Å²) in [7, 11) is 0. The highest BCUT2D eigenvalue weighted by Crippen LogP contribution is 2.39. The second-order valence-electron chi connectivity index (χ2n) is 11.2. The number of fused-ring (bicyclic) bond motifs is 2. The predicted octanol–water partition coefficient (Wildman–Crippen LogP) is 3.97. The second kappa shape index (κ2) is 12.7. The lowest BCUT2D eigenvalue weighted by Crippen LogP contribution is -2.56. The van der Waals surface area contributed by atoms with Gasteiger partial charge in [-0.25, -0.2) is 4.79 Å². The van der Waals surface area contributed by atoms with Gasteiger partial charge in [-0.15, -0.1) is 0 Å². The molecule has 2 heterocycles. The Kier molecular flexibility index (Phi) is 10.7. The maximum atomic E-state index is 12.8. The van der Waals surface area contributed by atoms with E-state index in [1.807, 2.05) is 20.8 Å². The summed E-state index contributed by atoms with van der Waals surface area (Å²) < 4.78 is 11.8. The number of ether oxygens (including phenoxy) is 2. The Labute approximate surface area is 216 Å². The molecule has 2 aliphatic rings. The van der Waals surface area contributed by atoms with Crippen LogP contribution in [0.2, 0.25) is 0 Å². The van der Waals surface area contributed by atoms with Gasteiger partial charge < -0.3 is 29.9 Å². The third-order valence-corrected chi connectivity index (χ3v) is 7.75. The number of carbonyl (C=O) groups excluding carboxylic acids is 1. The minimum Gasteiger partial charge on any atom is -0.459 e. The number of esters is 1. The number of hydrogen-bond donors (Lipinski definition) is 4. The fraction of sp³-hybridized carbons (Fsp3) is 0.690. The highest BCUT2D eigenvalue weighted by molar-refractivity contribution is 5.83. The average Bonchev–Trinajstić information content (AvgIpc) is 2.76. The molecule has 36 heavy (non-hydrogen) atoms. The van der Waals surface area contributed by atoms with Crippen molar-refractivity contribution in [3.8, 4) is 0 Å². The van der Waals surface area contributed by atoms with Gasteiger partial charge in [-0.3, -0.25) is 0 Å². The van der Waals surface area contributed by atoms with E-state index in [-0.39, 0.29) is 24.2 Å². The number of rotatable bonds is 3. The molecule has 0 aliphatic carbocycles. The molecule has 7 heteroatoms. The number of aliphatic hydroxyl groups excluding tert-OH is 2. The standard InChI is InChI=1S/C29H46O7/c1-18-14-24-11-8-12-25(31)22(5)20(3)16-27(32)35-26(15-21(4)23(6)30)19(2)10-9-13-28(7,33)29(34,17-18)36-24/h8-9,12-13,16,19,21-26,30-31,33-34H,1,10-11,14-15,17H2,2-7H3/b12-8-,13-9-,20-16?/t19-,21-,22+,23-,24-,25-,26+,28+,29-/m0/s1. The van der Waals surface area contributed by atoms with Crippen molar-refractivity contribution in [2.24, 2.45) is 17.8 Å². The van der Waals surface area contributed by atoms with Crippen molar-refractivity contribution in [1.82, 2.24) is 0 Å². The first-order valence-corrected chi connectivity index (χ1v) is 13.0. The molecular weight excluding hydrogens is 460 g/mol. The molecule has 4 N–H and O–H groups in total. The highest BCUT2D eigenvalue weighted by atomic mass is 16.6. The summed E-state index contributed by atoms with van der Waals surface area (Å²) in [5.74, 6) is -2.86. The Balaban J connectivity index is 2.41. The van der Waals surface area contributed by atoms with E-state index < -0.39 is 41.8 Å². The molecule has 204 valence electrons. The fourth-order valence-corrected chi connectivity index (χ4v) is 4.58. The molecule has 7 nitrogen and oxygen atoms in total. The van der Waals surface area contributed by atoms with Crippen molar-refractivity contribution >= 4 is 5.97 Å². The van der Waals surface area contributed by atoms with E-state index in [1.165, 1.54) is 19.1 Å². The number of carbonyl (C=O) groups is 1. The van der Waals surface area contributed by atoms with Crippen LogP contribution in [-0.4, -0.2) is 62.2 Å². The van der Waals surface area contributed by atoms with Gasteiger partial charge in [0.25, 0.3) is 0 Å². The molecule has 0 aromatic heterocycles. The molecule has 9 atom stereocenters. The Morgan fingerprint density at radius 2 is 1.86 bits per heavy atom. The minimum absolute atomic E-state index is 0.0922. The first kappa shape index (κ1) is 30.5. The van der Waals surface area contributed by atoms with Crippen LogP contribution in [0.15, 0.2) is 48.1 Å². The van der Waals surface area contributed by atoms with Crippen LogP contribution in [0, 0.1) is 17.8 Å². The largest absolute Gasteiger partial charge is 0.459 e. The van der Waals surface area contributed by atoms with Gasteiger partial charge in [-0.1, -0.05) is 62.8 Å². The maximum absolute atomic E-state index is 12.8. The molecule has 1 fully saturated rings. The lowest BCUT2D eigenvalue weighted by molar-refractivity contribution is -0.305. The van der Waals surface area contributed by atoms with Gasteiger partial charge in [0.1, 0.15) is 11.7 Å². The van der Waals surface area contributed by atoms with E-state index in [0.717, 1.165) is 5.57 Å². The van der Waals surface area contributed by atoms with E-state index in [9.17, 15) is 25.2 Å². The Bertz CT molecular complexity index is 856. The zero-order valence-electron chi connectivity index (χ0n) is 22.7. The van der Waals surface area contributed by atoms with Crippen LogP contribution in [0.1, 0.15) is 73.6 Å². The molecule has 0 aromatic carbocycles. The van der Waals surface area contributed by atoms with E-state index in [0.29, 0.717) is 31.3 Å². The SMILES string of the molecule is C=C1C[C@@H]2C/C=C\[C@H](O)[C@H](C)C(C)=CC(=O)O[C@H](C[C@H](C)[C@H](C)O)[C@@H](C)C/C=C\[C@@](C)(O)[C@](O)(C1)O2. The quantitative estimate of drug-likeness (QED) is 0.338. The summed E-state index contributed by atoms with van der Waals surface area (Å²) in [6.07, 6.45) is 7.94. The zero-order valence-corrected chi connectivity index (χ0v) is 22.7. The molecule has 0 amide bonds. The average molecular weight is 507 g/mol. The van der Waals surface area contributed by atoms with Crippen LogP contribution in [0.5, 0.6) is 0 Å². The summed E-state index contributed by atoms with van der Waals surface area (Å²) in [6.45, 7) is 14.7. The van der Waals surface area contributed by atoms with Gasteiger partial charge >= 0.3 is 5.97 Å². The zero-order chi connectivity index (χ0) is 27.3. The van der Waals surface area contributed by atoms with Crippen molar-refractivity contribution in [2.45, 2.75) is 109 Å². The number of allylic oxidation sites excluding steroid dienone is 1. The second-order valence-corrected chi connectivity index (χ2v) is 11.2. The van der Waals surface area contributed by atoms with Crippen molar-refractivity contribution in [2.75, 3.05) is 0 Å². The van der Waals surface area contributed by atoms with Crippen LogP contribution in [0.25, 0.3) is 0 Å². The minimum atomic E-state index is -1.84. The molecule has 0 saturated carbocycles. The Hall–Kier alpha value is -1.77. The number of cyclic esters (lactones) is 1. The van der Waals surface area contributed by atoms with Crippen molar-refractivity contribution in [1.29, 1.82) is 0 Å². The lowest BCUT2D eigenvalue weighted by Gasteiger charge is -2.45. The van der Waals surface area contributed by atoms with E-state index in [2.05, 4.69) is 6.58 Å². The molecule has 0 unspecified atom stereocenters. The topological polar surface area (TPSA) is 116 Å². The summed E-state index contributed by atoms with van der Waals surface area (Å²) >= 11 is 0. The predicted molar refractivity (Wildman–Crippen MR) is 140 cm³/mol. The van der Waals surface area contributed by atoms with E-state index in [4.69, 9.17) is 9.47 Å². The lowest BCUT2D eigenvalue weighted by atomic mass is 9.83. The normalized spacial score (nSPS) is 40.7. The van der Waals surface area contributed by atoms with E-state index in [1.54, 1.807) is 32.1 Å². The molecule has 2 aliphatic heterocycles. The monoisotopic (exact) mass is 506 g/mol. The molecule has 2 bridgehead atoms. The molecule has 0 spiro atoms. The summed E-state index contributed by atoms with van der Waals surface area (Å²) in [5.41, 5.74) is -0.206. The molecule has 1 saturated heterocycles. The first-order chi connectivity index (χ1) is 16.6. The van der Waals surface area contributed by atoms with Gasteiger partial charge in [0.2, 0.25) is 5.79 Å². The third-order valence-electron chi connectivity index (χ3n) is 7.75. The Morgan fingerprint density at radius 1 is 1.19 bits per heavy atom. The van der Waals surface area contributed by atoms with Crippen LogP contribution < -0.4 is 0 Å². The summed E-state index contributed by atoms with van der Waals surface area (Å²) in [6, 6.07) is 0.